The number of nitrogens with zero attached hydrogens (tertiary/aromatic N) is 1. The Kier molecular flexibility index (Phi) is 3.56. The van der Waals surface area contributed by atoms with Crippen molar-refractivity contribution in [2.75, 3.05) is 13.1 Å². The molecule has 3 heteroatoms. The highest BCUT2D eigenvalue weighted by molar-refractivity contribution is 5.57. The molecule has 2 unspecified atom stereocenters. The Morgan fingerprint density at radius 3 is 3.16 bits per heavy atom. The lowest BCUT2D eigenvalue weighted by Gasteiger charge is -2.33. The summed E-state index contributed by atoms with van der Waals surface area (Å²) in [5, 5.41) is 0. The molecule has 1 aromatic rings. The van der Waals surface area contributed by atoms with Crippen molar-refractivity contribution in [3.8, 4) is 5.75 Å². The van der Waals surface area contributed by atoms with Crippen molar-refractivity contribution in [3.63, 3.8) is 0 Å². The molecule has 0 aliphatic carbocycles. The number of fused-ring (bicyclic) bond motifs is 1. The molecule has 102 valence electrons. The van der Waals surface area contributed by atoms with Crippen molar-refractivity contribution in [1.82, 2.24) is 4.90 Å². The van der Waals surface area contributed by atoms with Crippen molar-refractivity contribution in [3.05, 3.63) is 29.3 Å². The number of ether oxygens (including phenoxy) is 1. The van der Waals surface area contributed by atoms with E-state index in [-0.39, 0.29) is 12.1 Å². The van der Waals surface area contributed by atoms with E-state index in [9.17, 15) is 4.79 Å². The Morgan fingerprint density at radius 1 is 1.42 bits per heavy atom. The van der Waals surface area contributed by atoms with Gasteiger partial charge in [-0.1, -0.05) is 24.1 Å². The van der Waals surface area contributed by atoms with Gasteiger partial charge in [-0.3, -0.25) is 4.90 Å². The summed E-state index contributed by atoms with van der Waals surface area (Å²) < 4.78 is 6.00. The van der Waals surface area contributed by atoms with Gasteiger partial charge in [0.05, 0.1) is 6.04 Å². The fourth-order valence-electron chi connectivity index (χ4n) is 3.21. The fourth-order valence-corrected chi connectivity index (χ4v) is 3.21. The van der Waals surface area contributed by atoms with Crippen LogP contribution in [0.1, 0.15) is 30.4 Å². The molecule has 19 heavy (non-hydrogen) atoms. The van der Waals surface area contributed by atoms with Crippen LogP contribution >= 0.6 is 0 Å². The molecule has 0 N–H and O–H groups in total. The molecular formula is C16H21NO2. The average molecular weight is 259 g/mol. The Labute approximate surface area is 114 Å². The minimum absolute atomic E-state index is 0.0998. The Balaban J connectivity index is 1.65. The monoisotopic (exact) mass is 259 g/mol. The maximum absolute atomic E-state index is 11.1. The summed E-state index contributed by atoms with van der Waals surface area (Å²) in [6.07, 6.45) is 5.65. The third-order valence-corrected chi connectivity index (χ3v) is 4.22. The molecule has 2 aliphatic heterocycles. The third-order valence-electron chi connectivity index (χ3n) is 4.22. The van der Waals surface area contributed by atoms with Crippen LogP contribution in [-0.2, 0) is 11.2 Å². The first-order valence-corrected chi connectivity index (χ1v) is 7.22. The number of carbonyl (C=O) groups excluding carboxylic acids is 1. The number of likely N-dealkylation sites (tertiary alicyclic amines) is 1. The number of hydrogen-bond donors (Lipinski definition) is 0. The minimum Gasteiger partial charge on any atom is -0.488 e. The maximum Gasteiger partial charge on any atom is 0.137 e. The van der Waals surface area contributed by atoms with Crippen LogP contribution in [0, 0.1) is 6.92 Å². The Hall–Kier alpha value is -1.35. The number of aldehydes is 1. The van der Waals surface area contributed by atoms with E-state index in [2.05, 4.69) is 30.0 Å². The predicted octanol–water partition coefficient (Wildman–Crippen LogP) is 2.35. The molecule has 0 amide bonds. The van der Waals surface area contributed by atoms with Crippen LogP contribution in [-0.4, -0.2) is 36.4 Å². The Bertz CT molecular complexity index is 472. The van der Waals surface area contributed by atoms with Gasteiger partial charge in [-0.15, -0.1) is 0 Å². The molecule has 2 atom stereocenters. The zero-order valence-electron chi connectivity index (χ0n) is 11.5. The summed E-state index contributed by atoms with van der Waals surface area (Å²) in [4.78, 5) is 13.4. The van der Waals surface area contributed by atoms with Crippen LogP contribution in [0.4, 0.5) is 0 Å². The van der Waals surface area contributed by atoms with E-state index >= 15 is 0 Å². The molecule has 0 spiro atoms. The van der Waals surface area contributed by atoms with Gasteiger partial charge in [-0.2, -0.15) is 0 Å². The zero-order valence-corrected chi connectivity index (χ0v) is 11.5. The molecule has 0 saturated carbocycles. The highest BCUT2D eigenvalue weighted by Crippen LogP contribution is 2.30. The van der Waals surface area contributed by atoms with Gasteiger partial charge >= 0.3 is 0 Å². The van der Waals surface area contributed by atoms with Crippen LogP contribution in [0.2, 0.25) is 0 Å². The number of aryl methyl sites for hydroxylation is 1. The molecule has 1 saturated heterocycles. The topological polar surface area (TPSA) is 29.5 Å². The first kappa shape index (κ1) is 12.7. The fraction of sp³-hybridized carbons (Fsp3) is 0.562. The van der Waals surface area contributed by atoms with E-state index in [0.29, 0.717) is 0 Å². The minimum atomic E-state index is 0.0998. The van der Waals surface area contributed by atoms with Crippen molar-refractivity contribution in [2.24, 2.45) is 0 Å². The highest BCUT2D eigenvalue weighted by atomic mass is 16.5. The SMILES string of the molecule is Cc1ccc2c(c1)CC(CN1CCCCC1C=O)O2. The molecule has 3 nitrogen and oxygen atoms in total. The van der Waals surface area contributed by atoms with Gasteiger partial charge in [0.2, 0.25) is 0 Å². The number of hydrogen-bond acceptors (Lipinski definition) is 3. The predicted molar refractivity (Wildman–Crippen MR) is 74.6 cm³/mol. The first-order chi connectivity index (χ1) is 9.26. The van der Waals surface area contributed by atoms with Crippen molar-refractivity contribution in [2.45, 2.75) is 44.8 Å². The average Bonchev–Trinajstić information content (AvgIpc) is 2.80. The van der Waals surface area contributed by atoms with Gasteiger partial charge in [0, 0.05) is 13.0 Å². The molecule has 1 aromatic carbocycles. The van der Waals surface area contributed by atoms with Crippen LogP contribution in [0.25, 0.3) is 0 Å². The van der Waals surface area contributed by atoms with Crippen molar-refractivity contribution < 1.29 is 9.53 Å². The molecule has 2 aliphatic rings. The summed E-state index contributed by atoms with van der Waals surface area (Å²) in [5.74, 6) is 1.02. The maximum atomic E-state index is 11.1. The standard InChI is InChI=1S/C16H21NO2/c1-12-5-6-16-13(8-12)9-15(19-16)10-17-7-3-2-4-14(17)11-18/h5-6,8,11,14-15H,2-4,7,9-10H2,1H3. The van der Waals surface area contributed by atoms with E-state index in [1.807, 2.05) is 0 Å². The molecule has 0 aromatic heterocycles. The van der Waals surface area contributed by atoms with Gasteiger partial charge in [-0.25, -0.2) is 0 Å². The number of benzene rings is 1. The molecular weight excluding hydrogens is 238 g/mol. The second-order valence-corrected chi connectivity index (χ2v) is 5.75. The quantitative estimate of drug-likeness (QED) is 0.780. The second-order valence-electron chi connectivity index (χ2n) is 5.75. The lowest BCUT2D eigenvalue weighted by molar-refractivity contribution is -0.113. The molecule has 0 radical (unpaired) electrons. The summed E-state index contributed by atoms with van der Waals surface area (Å²) >= 11 is 0. The first-order valence-electron chi connectivity index (χ1n) is 7.22. The van der Waals surface area contributed by atoms with Gasteiger partial charge in [0.1, 0.15) is 18.1 Å². The molecule has 3 rings (SSSR count). The zero-order chi connectivity index (χ0) is 13.2. The summed E-state index contributed by atoms with van der Waals surface area (Å²) in [6, 6.07) is 6.47. The molecule has 0 bridgehead atoms. The number of rotatable bonds is 3. The smallest absolute Gasteiger partial charge is 0.137 e. The van der Waals surface area contributed by atoms with Gasteiger partial charge in [0.25, 0.3) is 0 Å². The Morgan fingerprint density at radius 2 is 2.32 bits per heavy atom. The van der Waals surface area contributed by atoms with Gasteiger partial charge in [-0.05, 0) is 37.9 Å². The van der Waals surface area contributed by atoms with Gasteiger partial charge < -0.3 is 9.53 Å². The van der Waals surface area contributed by atoms with Crippen LogP contribution in [0.3, 0.4) is 0 Å². The second kappa shape index (κ2) is 5.33. The van der Waals surface area contributed by atoms with E-state index in [1.54, 1.807) is 0 Å². The highest BCUT2D eigenvalue weighted by Gasteiger charge is 2.29. The van der Waals surface area contributed by atoms with Crippen molar-refractivity contribution >= 4 is 6.29 Å². The number of piperidine rings is 1. The van der Waals surface area contributed by atoms with Crippen LogP contribution in [0.5, 0.6) is 5.75 Å². The normalized spacial score (nSPS) is 26.8. The largest absolute Gasteiger partial charge is 0.488 e. The van der Waals surface area contributed by atoms with Crippen LogP contribution < -0.4 is 4.74 Å². The lowest BCUT2D eigenvalue weighted by Crippen LogP contribution is -2.45. The van der Waals surface area contributed by atoms with E-state index in [0.717, 1.165) is 38.0 Å². The van der Waals surface area contributed by atoms with Gasteiger partial charge in [0.15, 0.2) is 0 Å². The molecule has 2 heterocycles. The summed E-state index contributed by atoms with van der Waals surface area (Å²) in [7, 11) is 0. The molecule has 1 fully saturated rings. The van der Waals surface area contributed by atoms with E-state index in [1.165, 1.54) is 24.0 Å². The third kappa shape index (κ3) is 2.66. The van der Waals surface area contributed by atoms with E-state index < -0.39 is 0 Å². The van der Waals surface area contributed by atoms with E-state index in [4.69, 9.17) is 4.74 Å². The van der Waals surface area contributed by atoms with Crippen molar-refractivity contribution in [1.29, 1.82) is 0 Å². The summed E-state index contributed by atoms with van der Waals surface area (Å²) in [5.41, 5.74) is 2.59. The summed E-state index contributed by atoms with van der Waals surface area (Å²) in [6.45, 7) is 4.01. The number of carbonyl (C=O) groups is 1. The van der Waals surface area contributed by atoms with Crippen LogP contribution in [0.15, 0.2) is 18.2 Å². The lowest BCUT2D eigenvalue weighted by atomic mass is 10.0.